The van der Waals surface area contributed by atoms with E-state index in [-0.39, 0.29) is 5.69 Å². The van der Waals surface area contributed by atoms with Crippen LogP contribution in [0.15, 0.2) is 88.7 Å². The summed E-state index contributed by atoms with van der Waals surface area (Å²) in [7, 11) is 0. The number of carbonyl (C=O) groups is 1. The highest BCUT2D eigenvalue weighted by Crippen LogP contribution is 2.49. The molecule has 0 radical (unpaired) electrons. The molecule has 3 aromatic rings. The van der Waals surface area contributed by atoms with Crippen molar-refractivity contribution in [3.05, 3.63) is 90.0 Å². The summed E-state index contributed by atoms with van der Waals surface area (Å²) < 4.78 is 39.7. The standard InChI is InChI=1S/C22H14F3NOS/c23-22(24,25)16-11-12-20-18(14-16)26(17-8-4-5-9-19(17)28-20)21(27)13-10-15-6-2-1-3-7-15/h1-14H/b13-10-. The number of hydrogen-bond acceptors (Lipinski definition) is 2. The molecule has 0 saturated carbocycles. The van der Waals surface area contributed by atoms with E-state index in [9.17, 15) is 18.0 Å². The van der Waals surface area contributed by atoms with Gasteiger partial charge in [0, 0.05) is 15.9 Å². The minimum absolute atomic E-state index is 0.237. The van der Waals surface area contributed by atoms with E-state index in [4.69, 9.17) is 0 Å². The van der Waals surface area contributed by atoms with Gasteiger partial charge in [-0.3, -0.25) is 9.69 Å². The third kappa shape index (κ3) is 3.55. The number of amides is 1. The minimum Gasteiger partial charge on any atom is -0.275 e. The molecule has 140 valence electrons. The number of fused-ring (bicyclic) bond motifs is 2. The predicted molar refractivity (Wildman–Crippen MR) is 105 cm³/mol. The zero-order chi connectivity index (χ0) is 19.7. The monoisotopic (exact) mass is 397 g/mol. The lowest BCUT2D eigenvalue weighted by Gasteiger charge is -2.31. The molecule has 28 heavy (non-hydrogen) atoms. The number of para-hydroxylation sites is 1. The lowest BCUT2D eigenvalue weighted by atomic mass is 10.1. The van der Waals surface area contributed by atoms with Crippen LogP contribution in [0.2, 0.25) is 0 Å². The van der Waals surface area contributed by atoms with Crippen molar-refractivity contribution in [2.75, 3.05) is 4.90 Å². The van der Waals surface area contributed by atoms with Crippen molar-refractivity contribution in [3.8, 4) is 0 Å². The zero-order valence-corrected chi connectivity index (χ0v) is 15.3. The molecule has 1 aliphatic heterocycles. The smallest absolute Gasteiger partial charge is 0.275 e. The normalized spacial score (nSPS) is 13.3. The first kappa shape index (κ1) is 18.4. The molecule has 6 heteroatoms. The Kier molecular flexibility index (Phi) is 4.73. The fraction of sp³-hybridized carbons (Fsp3) is 0.0455. The van der Waals surface area contributed by atoms with E-state index in [0.29, 0.717) is 10.6 Å². The van der Waals surface area contributed by atoms with Gasteiger partial charge >= 0.3 is 6.18 Å². The molecule has 0 saturated heterocycles. The zero-order valence-electron chi connectivity index (χ0n) is 14.5. The van der Waals surface area contributed by atoms with Crippen molar-refractivity contribution in [2.24, 2.45) is 0 Å². The lowest BCUT2D eigenvalue weighted by molar-refractivity contribution is -0.137. The molecule has 0 bridgehead atoms. The Bertz CT molecular complexity index is 1060. The Morgan fingerprint density at radius 1 is 0.857 bits per heavy atom. The van der Waals surface area contributed by atoms with E-state index in [1.54, 1.807) is 18.2 Å². The Labute approximate surface area is 164 Å². The molecule has 0 fully saturated rings. The first-order chi connectivity index (χ1) is 13.4. The van der Waals surface area contributed by atoms with Crippen molar-refractivity contribution < 1.29 is 18.0 Å². The van der Waals surface area contributed by atoms with Crippen molar-refractivity contribution in [1.29, 1.82) is 0 Å². The van der Waals surface area contributed by atoms with Crippen LogP contribution in [-0.2, 0) is 11.0 Å². The molecule has 0 aliphatic carbocycles. The minimum atomic E-state index is -4.48. The van der Waals surface area contributed by atoms with Crippen LogP contribution in [0.5, 0.6) is 0 Å². The number of halogens is 3. The molecule has 1 heterocycles. The van der Waals surface area contributed by atoms with Crippen LogP contribution in [0.4, 0.5) is 24.5 Å². The summed E-state index contributed by atoms with van der Waals surface area (Å²) in [5.74, 6) is -0.405. The highest BCUT2D eigenvalue weighted by molar-refractivity contribution is 7.99. The van der Waals surface area contributed by atoms with Gasteiger partial charge in [0.2, 0.25) is 0 Å². The Balaban J connectivity index is 1.79. The van der Waals surface area contributed by atoms with E-state index in [0.717, 1.165) is 22.6 Å². The molecule has 0 aromatic heterocycles. The van der Waals surface area contributed by atoms with Crippen LogP contribution in [0.3, 0.4) is 0 Å². The summed E-state index contributed by atoms with van der Waals surface area (Å²) in [5.41, 5.74) is 0.860. The maximum atomic E-state index is 13.2. The second-order valence-electron chi connectivity index (χ2n) is 6.17. The van der Waals surface area contributed by atoms with Crippen LogP contribution in [0, 0.1) is 0 Å². The molecule has 0 atom stereocenters. The van der Waals surface area contributed by atoms with Crippen molar-refractivity contribution >= 4 is 35.1 Å². The van der Waals surface area contributed by atoms with Gasteiger partial charge in [-0.1, -0.05) is 54.2 Å². The molecule has 0 unspecified atom stereocenters. The summed E-state index contributed by atoms with van der Waals surface area (Å²) in [6, 6.07) is 19.9. The van der Waals surface area contributed by atoms with Gasteiger partial charge in [-0.2, -0.15) is 13.2 Å². The van der Waals surface area contributed by atoms with Crippen LogP contribution >= 0.6 is 11.8 Å². The summed E-state index contributed by atoms with van der Waals surface area (Å²) in [6.45, 7) is 0. The highest BCUT2D eigenvalue weighted by atomic mass is 32.2. The molecular weight excluding hydrogens is 383 g/mol. The summed E-state index contributed by atoms with van der Waals surface area (Å²) in [5, 5.41) is 0. The van der Waals surface area contributed by atoms with Crippen LogP contribution in [0.1, 0.15) is 11.1 Å². The summed E-state index contributed by atoms with van der Waals surface area (Å²) in [4.78, 5) is 15.8. The molecule has 2 nitrogen and oxygen atoms in total. The third-order valence-electron chi connectivity index (χ3n) is 4.29. The molecular formula is C22H14F3NOS. The molecule has 1 amide bonds. The molecule has 0 N–H and O–H groups in total. The second-order valence-corrected chi connectivity index (χ2v) is 7.25. The summed E-state index contributed by atoms with van der Waals surface area (Å²) >= 11 is 1.35. The van der Waals surface area contributed by atoms with E-state index < -0.39 is 17.6 Å². The van der Waals surface area contributed by atoms with E-state index >= 15 is 0 Å². The largest absolute Gasteiger partial charge is 0.416 e. The number of carbonyl (C=O) groups excluding carboxylic acids is 1. The second kappa shape index (κ2) is 7.20. The van der Waals surface area contributed by atoms with Crippen molar-refractivity contribution in [2.45, 2.75) is 16.0 Å². The molecule has 3 aromatic carbocycles. The fourth-order valence-corrected chi connectivity index (χ4v) is 4.01. The number of nitrogens with zero attached hydrogens (tertiary/aromatic N) is 1. The van der Waals surface area contributed by atoms with Gasteiger partial charge < -0.3 is 0 Å². The Morgan fingerprint density at radius 2 is 1.54 bits per heavy atom. The van der Waals surface area contributed by atoms with Crippen LogP contribution in [-0.4, -0.2) is 5.91 Å². The highest BCUT2D eigenvalue weighted by Gasteiger charge is 2.34. The number of benzene rings is 3. The van der Waals surface area contributed by atoms with Gasteiger partial charge in [-0.25, -0.2) is 0 Å². The third-order valence-corrected chi connectivity index (χ3v) is 5.42. The lowest BCUT2D eigenvalue weighted by Crippen LogP contribution is -2.27. The molecule has 0 spiro atoms. The van der Waals surface area contributed by atoms with Crippen molar-refractivity contribution in [1.82, 2.24) is 0 Å². The quantitative estimate of drug-likeness (QED) is 0.457. The first-order valence-electron chi connectivity index (χ1n) is 8.49. The Hall–Kier alpha value is -2.99. The maximum Gasteiger partial charge on any atom is 0.416 e. The average Bonchev–Trinajstić information content (AvgIpc) is 2.70. The van der Waals surface area contributed by atoms with Gasteiger partial charge in [-0.05, 0) is 42.0 Å². The fourth-order valence-electron chi connectivity index (χ4n) is 2.97. The van der Waals surface area contributed by atoms with Crippen LogP contribution in [0.25, 0.3) is 6.08 Å². The van der Waals surface area contributed by atoms with E-state index in [2.05, 4.69) is 0 Å². The van der Waals surface area contributed by atoms with Gasteiger partial charge in [-0.15, -0.1) is 0 Å². The van der Waals surface area contributed by atoms with Crippen LogP contribution < -0.4 is 4.90 Å². The molecule has 4 rings (SSSR count). The molecule has 1 aliphatic rings. The van der Waals surface area contributed by atoms with E-state index in [1.165, 1.54) is 28.8 Å². The Morgan fingerprint density at radius 3 is 2.29 bits per heavy atom. The maximum absolute atomic E-state index is 13.2. The van der Waals surface area contributed by atoms with Gasteiger partial charge in [0.15, 0.2) is 0 Å². The van der Waals surface area contributed by atoms with Gasteiger partial charge in [0.1, 0.15) is 0 Å². The average molecular weight is 397 g/mol. The predicted octanol–water partition coefficient (Wildman–Crippen LogP) is 6.55. The number of rotatable bonds is 2. The van der Waals surface area contributed by atoms with E-state index in [1.807, 2.05) is 42.5 Å². The topological polar surface area (TPSA) is 20.3 Å². The summed E-state index contributed by atoms with van der Waals surface area (Å²) in [6.07, 6.45) is -1.45. The number of alkyl halides is 3. The van der Waals surface area contributed by atoms with Gasteiger partial charge in [0.25, 0.3) is 5.91 Å². The first-order valence-corrected chi connectivity index (χ1v) is 9.30. The van der Waals surface area contributed by atoms with Crippen molar-refractivity contribution in [3.63, 3.8) is 0 Å². The number of anilines is 2. The SMILES string of the molecule is O=C(/C=C\c1ccccc1)N1c2ccccc2Sc2ccc(C(F)(F)F)cc21. The number of hydrogen-bond donors (Lipinski definition) is 0. The van der Waals surface area contributed by atoms with Gasteiger partial charge in [0.05, 0.1) is 16.9 Å².